The number of nitrogens with zero attached hydrogens (tertiary/aromatic N) is 3. The van der Waals surface area contributed by atoms with Gasteiger partial charge in [-0.3, -0.25) is 9.10 Å². The molecule has 208 valence electrons. The number of carbonyl (C=O) groups is 1. The number of benzene rings is 3. The van der Waals surface area contributed by atoms with Gasteiger partial charge < -0.3 is 14.0 Å². The maximum Gasteiger partial charge on any atom is 0.264 e. The fourth-order valence-electron chi connectivity index (χ4n) is 4.26. The Labute approximate surface area is 232 Å². The molecule has 1 aromatic heterocycles. The van der Waals surface area contributed by atoms with Gasteiger partial charge in [0.25, 0.3) is 15.9 Å². The van der Waals surface area contributed by atoms with Gasteiger partial charge in [0.2, 0.25) is 0 Å². The molecular formula is C29H29FN4O5S. The Balaban J connectivity index is 1.59. The number of amides is 1. The standard InChI is InChI=1S/C29H29FN4O5S/c1-20-16-22(21(2)34(20)24-12-10-23(30)11-13-24)18-31-32-29(35)19-33(40(36,37)26-8-6-5-7-9-26)27-15-14-25(38-3)17-28(27)39-4/h5-18H,19H2,1-4H3,(H,32,35)/b31-18+. The van der Waals surface area contributed by atoms with Crippen molar-refractivity contribution in [1.29, 1.82) is 0 Å². The summed E-state index contributed by atoms with van der Waals surface area (Å²) in [4.78, 5) is 13.0. The van der Waals surface area contributed by atoms with Crippen LogP contribution in [0.2, 0.25) is 0 Å². The van der Waals surface area contributed by atoms with E-state index in [4.69, 9.17) is 9.47 Å². The number of ether oxygens (including phenoxy) is 2. The van der Waals surface area contributed by atoms with Crippen LogP contribution in [0.1, 0.15) is 17.0 Å². The number of aromatic nitrogens is 1. The second-order valence-corrected chi connectivity index (χ2v) is 10.7. The normalized spacial score (nSPS) is 11.4. The third-order valence-electron chi connectivity index (χ3n) is 6.22. The van der Waals surface area contributed by atoms with E-state index in [-0.39, 0.29) is 22.1 Å². The number of aryl methyl sites for hydroxylation is 1. The van der Waals surface area contributed by atoms with Crippen LogP contribution >= 0.6 is 0 Å². The van der Waals surface area contributed by atoms with Crippen molar-refractivity contribution in [3.63, 3.8) is 0 Å². The average Bonchev–Trinajstić information content (AvgIpc) is 3.24. The number of carbonyl (C=O) groups excluding carboxylic acids is 1. The highest BCUT2D eigenvalue weighted by molar-refractivity contribution is 7.92. The third kappa shape index (κ3) is 5.99. The first-order valence-corrected chi connectivity index (χ1v) is 13.7. The monoisotopic (exact) mass is 564 g/mol. The minimum Gasteiger partial charge on any atom is -0.497 e. The minimum atomic E-state index is -4.15. The molecule has 0 aliphatic rings. The summed E-state index contributed by atoms with van der Waals surface area (Å²) in [6.07, 6.45) is 1.48. The van der Waals surface area contributed by atoms with Gasteiger partial charge in [-0.1, -0.05) is 18.2 Å². The summed E-state index contributed by atoms with van der Waals surface area (Å²) in [5.74, 6) is -0.319. The molecule has 0 saturated carbocycles. The quantitative estimate of drug-likeness (QED) is 0.224. The lowest BCUT2D eigenvalue weighted by Crippen LogP contribution is -2.39. The van der Waals surface area contributed by atoms with Gasteiger partial charge in [-0.05, 0) is 68.4 Å². The highest BCUT2D eigenvalue weighted by Crippen LogP contribution is 2.35. The van der Waals surface area contributed by atoms with Crippen LogP contribution in [0.5, 0.6) is 11.5 Å². The van der Waals surface area contributed by atoms with Crippen molar-refractivity contribution < 1.29 is 27.1 Å². The van der Waals surface area contributed by atoms with E-state index in [0.29, 0.717) is 5.75 Å². The molecule has 0 unspecified atom stereocenters. The fourth-order valence-corrected chi connectivity index (χ4v) is 5.71. The maximum atomic E-state index is 13.6. The molecule has 0 aliphatic heterocycles. The van der Waals surface area contributed by atoms with Gasteiger partial charge in [0.1, 0.15) is 23.9 Å². The minimum absolute atomic E-state index is 0.0115. The van der Waals surface area contributed by atoms with E-state index in [2.05, 4.69) is 10.5 Å². The van der Waals surface area contributed by atoms with Gasteiger partial charge in [0.05, 0.1) is 31.0 Å². The average molecular weight is 565 g/mol. The lowest BCUT2D eigenvalue weighted by atomic mass is 10.2. The molecule has 0 aliphatic carbocycles. The molecule has 1 heterocycles. The molecular weight excluding hydrogens is 535 g/mol. The first-order chi connectivity index (χ1) is 19.1. The van der Waals surface area contributed by atoms with E-state index in [1.807, 2.05) is 24.5 Å². The predicted octanol–water partition coefficient (Wildman–Crippen LogP) is 4.60. The van der Waals surface area contributed by atoms with Gasteiger partial charge in [-0.25, -0.2) is 18.2 Å². The zero-order chi connectivity index (χ0) is 28.9. The summed E-state index contributed by atoms with van der Waals surface area (Å²) < 4.78 is 54.2. The first-order valence-electron chi connectivity index (χ1n) is 12.2. The molecule has 3 aromatic carbocycles. The van der Waals surface area contributed by atoms with Crippen molar-refractivity contribution in [2.45, 2.75) is 18.7 Å². The van der Waals surface area contributed by atoms with Crippen molar-refractivity contribution in [3.8, 4) is 17.2 Å². The molecule has 1 N–H and O–H groups in total. The highest BCUT2D eigenvalue weighted by Gasteiger charge is 2.29. The molecule has 40 heavy (non-hydrogen) atoms. The van der Waals surface area contributed by atoms with E-state index in [9.17, 15) is 17.6 Å². The van der Waals surface area contributed by atoms with E-state index < -0.39 is 22.5 Å². The number of hydrogen-bond acceptors (Lipinski definition) is 6. The molecule has 0 atom stereocenters. The van der Waals surface area contributed by atoms with Crippen LogP contribution in [0.15, 0.2) is 88.9 Å². The summed E-state index contributed by atoms with van der Waals surface area (Å²) in [5.41, 5.74) is 5.82. The Morgan fingerprint density at radius 3 is 2.35 bits per heavy atom. The van der Waals surface area contributed by atoms with Crippen LogP contribution in [0.3, 0.4) is 0 Å². The SMILES string of the molecule is COc1ccc(N(CC(=O)N/N=C/c2cc(C)n(-c3ccc(F)cc3)c2C)S(=O)(=O)c2ccccc2)c(OC)c1. The Bertz CT molecular complexity index is 1640. The number of hydrogen-bond donors (Lipinski definition) is 1. The van der Waals surface area contributed by atoms with Crippen molar-refractivity contribution in [2.75, 3.05) is 25.1 Å². The van der Waals surface area contributed by atoms with E-state index in [0.717, 1.165) is 26.9 Å². The predicted molar refractivity (Wildman–Crippen MR) is 151 cm³/mol. The van der Waals surface area contributed by atoms with Crippen LogP contribution in [0, 0.1) is 19.7 Å². The summed E-state index contributed by atoms with van der Waals surface area (Å²) in [6, 6.07) is 20.4. The van der Waals surface area contributed by atoms with Crippen molar-refractivity contribution in [1.82, 2.24) is 9.99 Å². The molecule has 0 bridgehead atoms. The first kappa shape index (κ1) is 28.4. The Morgan fingerprint density at radius 2 is 1.70 bits per heavy atom. The number of sulfonamides is 1. The molecule has 4 aromatic rings. The zero-order valence-electron chi connectivity index (χ0n) is 22.5. The van der Waals surface area contributed by atoms with Crippen molar-refractivity contribution >= 4 is 27.8 Å². The topological polar surface area (TPSA) is 102 Å². The van der Waals surface area contributed by atoms with Gasteiger partial charge >= 0.3 is 0 Å². The molecule has 0 saturated heterocycles. The molecule has 0 spiro atoms. The van der Waals surface area contributed by atoms with Crippen molar-refractivity contribution in [3.05, 3.63) is 102 Å². The van der Waals surface area contributed by atoms with Crippen molar-refractivity contribution in [2.24, 2.45) is 5.10 Å². The third-order valence-corrected chi connectivity index (χ3v) is 8.00. The number of halogens is 1. The van der Waals surface area contributed by atoms with Crippen LogP contribution in [0.4, 0.5) is 10.1 Å². The van der Waals surface area contributed by atoms with Gasteiger partial charge in [0, 0.05) is 28.7 Å². The summed E-state index contributed by atoms with van der Waals surface area (Å²) in [6.45, 7) is 3.22. The summed E-state index contributed by atoms with van der Waals surface area (Å²) in [7, 11) is -1.27. The van der Waals surface area contributed by atoms with Crippen LogP contribution in [-0.4, -0.2) is 45.9 Å². The second-order valence-electron chi connectivity index (χ2n) is 8.79. The molecule has 11 heteroatoms. The fraction of sp³-hybridized carbons (Fsp3) is 0.172. The van der Waals surface area contributed by atoms with Crippen LogP contribution in [-0.2, 0) is 14.8 Å². The largest absolute Gasteiger partial charge is 0.497 e. The van der Waals surface area contributed by atoms with Crippen LogP contribution in [0.25, 0.3) is 5.69 Å². The van der Waals surface area contributed by atoms with Gasteiger partial charge in [-0.15, -0.1) is 0 Å². The number of hydrazone groups is 1. The Hall–Kier alpha value is -4.64. The second kappa shape index (κ2) is 12.0. The summed E-state index contributed by atoms with van der Waals surface area (Å²) >= 11 is 0. The molecule has 1 amide bonds. The molecule has 0 radical (unpaired) electrons. The van der Waals surface area contributed by atoms with Gasteiger partial charge in [0.15, 0.2) is 0 Å². The smallest absolute Gasteiger partial charge is 0.264 e. The summed E-state index contributed by atoms with van der Waals surface area (Å²) in [5, 5.41) is 4.07. The number of anilines is 1. The number of rotatable bonds is 10. The van der Waals surface area contributed by atoms with E-state index >= 15 is 0 Å². The number of nitrogens with one attached hydrogen (secondary N) is 1. The molecule has 0 fully saturated rings. The lowest BCUT2D eigenvalue weighted by molar-refractivity contribution is -0.119. The zero-order valence-corrected chi connectivity index (χ0v) is 23.3. The number of methoxy groups -OCH3 is 2. The Morgan fingerprint density at radius 1 is 1.00 bits per heavy atom. The lowest BCUT2D eigenvalue weighted by Gasteiger charge is -2.25. The van der Waals surface area contributed by atoms with E-state index in [1.165, 1.54) is 56.8 Å². The molecule has 4 rings (SSSR count). The van der Waals surface area contributed by atoms with Gasteiger partial charge in [-0.2, -0.15) is 5.10 Å². The highest BCUT2D eigenvalue weighted by atomic mass is 32.2. The maximum absolute atomic E-state index is 13.6. The Kier molecular flexibility index (Phi) is 8.54. The molecule has 9 nitrogen and oxygen atoms in total. The van der Waals surface area contributed by atoms with Crippen LogP contribution < -0.4 is 19.2 Å². The van der Waals surface area contributed by atoms with E-state index in [1.54, 1.807) is 36.4 Å².